The van der Waals surface area contributed by atoms with Crippen LogP contribution in [0.25, 0.3) is 0 Å². The lowest BCUT2D eigenvalue weighted by Gasteiger charge is -2.18. The van der Waals surface area contributed by atoms with Crippen LogP contribution in [0.4, 0.5) is 0 Å². The zero-order valence-corrected chi connectivity index (χ0v) is 43.8. The van der Waals surface area contributed by atoms with E-state index in [2.05, 4.69) is 45.1 Å². The molecule has 0 saturated heterocycles. The van der Waals surface area contributed by atoms with Crippen molar-refractivity contribution in [3.05, 3.63) is 24.3 Å². The minimum atomic E-state index is -0.773. The van der Waals surface area contributed by atoms with E-state index in [1.54, 1.807) is 0 Å². The van der Waals surface area contributed by atoms with Gasteiger partial charge >= 0.3 is 17.9 Å². The molecule has 0 heterocycles. The van der Waals surface area contributed by atoms with Crippen LogP contribution in [-0.2, 0) is 28.6 Å². The number of esters is 3. The summed E-state index contributed by atoms with van der Waals surface area (Å²) in [6.07, 6.45) is 63.1. The number of carbonyl (C=O) groups excluding carboxylic acids is 3. The van der Waals surface area contributed by atoms with Crippen LogP contribution >= 0.6 is 0 Å². The molecule has 0 spiro atoms. The summed E-state index contributed by atoms with van der Waals surface area (Å²) in [5, 5.41) is 0. The fraction of sp³-hybridized carbons (Fsp3) is 0.881. The van der Waals surface area contributed by atoms with Gasteiger partial charge in [0.2, 0.25) is 0 Å². The Hall–Kier alpha value is -2.11. The molecule has 65 heavy (non-hydrogen) atoms. The highest BCUT2D eigenvalue weighted by Crippen LogP contribution is 2.16. The molecule has 0 unspecified atom stereocenters. The molecular weight excluding hydrogens is 805 g/mol. The molecule has 0 amide bonds. The summed E-state index contributed by atoms with van der Waals surface area (Å²) in [6, 6.07) is 0. The zero-order valence-electron chi connectivity index (χ0n) is 43.8. The van der Waals surface area contributed by atoms with Gasteiger partial charge in [-0.15, -0.1) is 0 Å². The third-order valence-corrected chi connectivity index (χ3v) is 12.9. The molecule has 6 heteroatoms. The number of hydrogen-bond acceptors (Lipinski definition) is 6. The maximum absolute atomic E-state index is 12.8. The number of hydrogen-bond donors (Lipinski definition) is 0. The molecule has 0 saturated carbocycles. The van der Waals surface area contributed by atoms with Gasteiger partial charge in [-0.25, -0.2) is 0 Å². The Kier molecular flexibility index (Phi) is 52.7. The lowest BCUT2D eigenvalue weighted by Crippen LogP contribution is -2.30. The Morgan fingerprint density at radius 3 is 0.769 bits per heavy atom. The first-order chi connectivity index (χ1) is 32.0. The van der Waals surface area contributed by atoms with Crippen molar-refractivity contribution >= 4 is 17.9 Å². The highest BCUT2D eigenvalue weighted by molar-refractivity contribution is 5.71. The van der Waals surface area contributed by atoms with Gasteiger partial charge in [0.25, 0.3) is 0 Å². The molecule has 1 atom stereocenters. The van der Waals surface area contributed by atoms with Crippen LogP contribution in [-0.4, -0.2) is 37.2 Å². The first-order valence-corrected chi connectivity index (χ1v) is 28.8. The molecule has 0 radical (unpaired) electrons. The van der Waals surface area contributed by atoms with Crippen LogP contribution in [0.3, 0.4) is 0 Å². The average molecular weight is 916 g/mol. The average Bonchev–Trinajstić information content (AvgIpc) is 3.30. The van der Waals surface area contributed by atoms with E-state index in [4.69, 9.17) is 14.2 Å². The van der Waals surface area contributed by atoms with Crippen LogP contribution in [0.15, 0.2) is 24.3 Å². The SMILES string of the molecule is CCCCCCCC/C=C\CCCCCCCC(=O)O[C@@H](COC(=O)CCCCCCCCC/C=C\CCCCCCCCCC)COC(=O)CCCCCCCCCCCCCCC. The minimum Gasteiger partial charge on any atom is -0.462 e. The second-order valence-electron chi connectivity index (χ2n) is 19.6. The number of unbranched alkanes of at least 4 members (excludes halogenated alkanes) is 38. The van der Waals surface area contributed by atoms with E-state index in [9.17, 15) is 14.4 Å². The number of allylic oxidation sites excluding steroid dienone is 4. The van der Waals surface area contributed by atoms with Crippen molar-refractivity contribution in [2.45, 2.75) is 322 Å². The highest BCUT2D eigenvalue weighted by Gasteiger charge is 2.19. The third kappa shape index (κ3) is 52.7. The van der Waals surface area contributed by atoms with E-state index in [1.165, 1.54) is 212 Å². The normalized spacial score (nSPS) is 12.1. The van der Waals surface area contributed by atoms with E-state index >= 15 is 0 Å². The molecule has 0 rings (SSSR count). The van der Waals surface area contributed by atoms with Gasteiger partial charge in [-0.3, -0.25) is 14.4 Å². The summed E-state index contributed by atoms with van der Waals surface area (Å²) in [6.45, 7) is 6.66. The number of ether oxygens (including phenoxy) is 3. The molecule has 0 aliphatic rings. The van der Waals surface area contributed by atoms with Crippen molar-refractivity contribution in [1.82, 2.24) is 0 Å². The molecule has 0 aromatic heterocycles. The van der Waals surface area contributed by atoms with Crippen LogP contribution in [0.1, 0.15) is 316 Å². The predicted molar refractivity (Wildman–Crippen MR) is 279 cm³/mol. The maximum Gasteiger partial charge on any atom is 0.306 e. The molecule has 0 N–H and O–H groups in total. The van der Waals surface area contributed by atoms with Gasteiger partial charge in [0.05, 0.1) is 0 Å². The van der Waals surface area contributed by atoms with Crippen LogP contribution < -0.4 is 0 Å². The smallest absolute Gasteiger partial charge is 0.306 e. The van der Waals surface area contributed by atoms with E-state index in [0.717, 1.165) is 64.2 Å². The summed E-state index contributed by atoms with van der Waals surface area (Å²) in [5.41, 5.74) is 0. The van der Waals surface area contributed by atoms with E-state index in [1.807, 2.05) is 0 Å². The molecule has 0 aromatic carbocycles. The van der Waals surface area contributed by atoms with Crippen molar-refractivity contribution in [2.75, 3.05) is 13.2 Å². The second kappa shape index (κ2) is 54.5. The van der Waals surface area contributed by atoms with Gasteiger partial charge < -0.3 is 14.2 Å². The van der Waals surface area contributed by atoms with Crippen molar-refractivity contribution in [3.8, 4) is 0 Å². The molecule has 0 fully saturated rings. The van der Waals surface area contributed by atoms with Gasteiger partial charge in [-0.2, -0.15) is 0 Å². The quantitative estimate of drug-likeness (QED) is 0.0262. The third-order valence-electron chi connectivity index (χ3n) is 12.9. The first kappa shape index (κ1) is 62.9. The second-order valence-corrected chi connectivity index (χ2v) is 19.6. The molecule has 382 valence electrons. The summed E-state index contributed by atoms with van der Waals surface area (Å²) in [7, 11) is 0. The van der Waals surface area contributed by atoms with E-state index in [0.29, 0.717) is 19.3 Å². The fourth-order valence-corrected chi connectivity index (χ4v) is 8.55. The molecule has 0 aromatic rings. The molecule has 0 bridgehead atoms. The number of carbonyl (C=O) groups is 3. The molecule has 0 aliphatic carbocycles. The Morgan fingerprint density at radius 2 is 0.508 bits per heavy atom. The first-order valence-electron chi connectivity index (χ1n) is 28.8. The fourth-order valence-electron chi connectivity index (χ4n) is 8.55. The molecule has 0 aliphatic heterocycles. The van der Waals surface area contributed by atoms with Gasteiger partial charge in [0.15, 0.2) is 6.10 Å². The molecule has 6 nitrogen and oxygen atoms in total. The summed E-state index contributed by atoms with van der Waals surface area (Å²) in [4.78, 5) is 38.1. The maximum atomic E-state index is 12.8. The summed E-state index contributed by atoms with van der Waals surface area (Å²) in [5.74, 6) is -0.866. The minimum absolute atomic E-state index is 0.0717. The Balaban J connectivity index is 4.32. The Bertz CT molecular complexity index is 1050. The Labute approximate surface area is 404 Å². The van der Waals surface area contributed by atoms with Crippen LogP contribution in [0.2, 0.25) is 0 Å². The predicted octanol–water partition coefficient (Wildman–Crippen LogP) is 19.1. The van der Waals surface area contributed by atoms with E-state index < -0.39 is 6.10 Å². The highest BCUT2D eigenvalue weighted by atomic mass is 16.6. The number of rotatable bonds is 53. The summed E-state index contributed by atoms with van der Waals surface area (Å²) >= 11 is 0. The van der Waals surface area contributed by atoms with Crippen molar-refractivity contribution in [3.63, 3.8) is 0 Å². The van der Waals surface area contributed by atoms with Crippen LogP contribution in [0, 0.1) is 0 Å². The topological polar surface area (TPSA) is 78.9 Å². The van der Waals surface area contributed by atoms with E-state index in [-0.39, 0.29) is 31.1 Å². The lowest BCUT2D eigenvalue weighted by molar-refractivity contribution is -0.167. The van der Waals surface area contributed by atoms with Crippen LogP contribution in [0.5, 0.6) is 0 Å². The van der Waals surface area contributed by atoms with Crippen molar-refractivity contribution in [2.24, 2.45) is 0 Å². The lowest BCUT2D eigenvalue weighted by atomic mass is 10.0. The monoisotopic (exact) mass is 915 g/mol. The summed E-state index contributed by atoms with van der Waals surface area (Å²) < 4.78 is 16.9. The van der Waals surface area contributed by atoms with Crippen molar-refractivity contribution in [1.29, 1.82) is 0 Å². The van der Waals surface area contributed by atoms with Gasteiger partial charge in [0, 0.05) is 19.3 Å². The Morgan fingerprint density at radius 1 is 0.292 bits per heavy atom. The van der Waals surface area contributed by atoms with Gasteiger partial charge in [-0.1, -0.05) is 251 Å². The van der Waals surface area contributed by atoms with Gasteiger partial charge in [-0.05, 0) is 70.6 Å². The standard InChI is InChI=1S/C59H110O6/c1-4-7-10-13-16-19-22-25-27-28-29-30-32-34-37-40-43-46-49-52-58(61)64-55-56(54-63-57(60)51-48-45-42-39-36-33-24-21-18-15-12-9-6-3)65-59(62)53-50-47-44-41-38-35-31-26-23-20-17-14-11-8-5-2/h26,28-29,31,56H,4-25,27,30,32-55H2,1-3H3/b29-28-,31-26-/t56-/m1/s1. The van der Waals surface area contributed by atoms with Crippen molar-refractivity contribution < 1.29 is 28.6 Å². The zero-order chi connectivity index (χ0) is 47.2. The largest absolute Gasteiger partial charge is 0.462 e. The van der Waals surface area contributed by atoms with Gasteiger partial charge in [0.1, 0.15) is 13.2 Å². The molecular formula is C59H110O6.